The number of allylic oxidation sites excluding steroid dienone is 12. The highest BCUT2D eigenvalue weighted by atomic mass is 31.2. The number of nitrogens with two attached hydrogens (primary N) is 1. The molecule has 0 rings (SSSR count). The Morgan fingerprint density at radius 3 is 1.45 bits per heavy atom. The van der Waals surface area contributed by atoms with Gasteiger partial charge in [-0.1, -0.05) is 177 Å². The van der Waals surface area contributed by atoms with Crippen LogP contribution in [0.5, 0.6) is 0 Å². The molecule has 11 heteroatoms. The van der Waals surface area contributed by atoms with Crippen molar-refractivity contribution in [2.75, 3.05) is 26.4 Å². The highest BCUT2D eigenvalue weighted by molar-refractivity contribution is 7.47. The molecule has 0 saturated carbocycles. The van der Waals surface area contributed by atoms with Crippen LogP contribution in [0, 0.1) is 0 Å². The molecule has 0 amide bonds. The lowest BCUT2D eigenvalue weighted by atomic mass is 10.0. The number of carboxylic acid groups (broad SMARTS) is 1. The van der Waals surface area contributed by atoms with Crippen molar-refractivity contribution in [3.05, 3.63) is 72.9 Å². The van der Waals surface area contributed by atoms with E-state index in [1.807, 2.05) is 12.2 Å². The molecule has 0 spiro atoms. The zero-order chi connectivity index (χ0) is 41.2. The minimum atomic E-state index is -4.64. The first kappa shape index (κ1) is 53.4. The SMILES string of the molecule is CC/C=C\C/C=C\C/C=C\C/C=C\C/C=C\C/C=C\CCC(=O)OC(COCCCCCCCCCCCCCCCCC)COP(=O)(O)OCC(N)C(=O)O. The number of rotatable bonds is 40. The molecule has 0 bridgehead atoms. The molecule has 4 N–H and O–H groups in total. The van der Waals surface area contributed by atoms with Crippen LogP contribution in [-0.4, -0.2) is 60.5 Å². The summed E-state index contributed by atoms with van der Waals surface area (Å²) in [5.74, 6) is -1.87. The summed E-state index contributed by atoms with van der Waals surface area (Å²) in [5.41, 5.74) is 5.35. The first-order valence-corrected chi connectivity index (χ1v) is 23.0. The maximum atomic E-state index is 12.6. The van der Waals surface area contributed by atoms with Gasteiger partial charge in [-0.2, -0.15) is 0 Å². The zero-order valence-corrected chi connectivity index (χ0v) is 35.8. The number of unbranched alkanes of at least 4 members (excludes halogenated alkanes) is 14. The minimum absolute atomic E-state index is 0.0150. The number of carboxylic acids is 1. The minimum Gasteiger partial charge on any atom is -0.480 e. The Hall–Kier alpha value is -2.59. The molecule has 0 aliphatic carbocycles. The molecular formula is C45H78NO9P. The van der Waals surface area contributed by atoms with Crippen molar-refractivity contribution in [3.8, 4) is 0 Å². The van der Waals surface area contributed by atoms with Crippen molar-refractivity contribution in [1.29, 1.82) is 0 Å². The Kier molecular flexibility index (Phi) is 38.7. The van der Waals surface area contributed by atoms with Crippen LogP contribution < -0.4 is 5.73 Å². The number of phosphoric acid groups is 1. The number of hydrogen-bond acceptors (Lipinski definition) is 8. The van der Waals surface area contributed by atoms with Crippen molar-refractivity contribution in [3.63, 3.8) is 0 Å². The first-order valence-electron chi connectivity index (χ1n) is 21.5. The topological polar surface area (TPSA) is 155 Å². The van der Waals surface area contributed by atoms with E-state index in [9.17, 15) is 19.0 Å². The number of phosphoric ester groups is 1. The number of esters is 1. The van der Waals surface area contributed by atoms with E-state index in [2.05, 4.69) is 74.6 Å². The highest BCUT2D eigenvalue weighted by Crippen LogP contribution is 2.43. The van der Waals surface area contributed by atoms with Gasteiger partial charge in [-0.15, -0.1) is 0 Å². The monoisotopic (exact) mass is 808 g/mol. The normalized spacial score (nSPS) is 14.6. The van der Waals surface area contributed by atoms with E-state index in [4.69, 9.17) is 29.4 Å². The Bertz CT molecular complexity index is 1160. The van der Waals surface area contributed by atoms with Crippen molar-refractivity contribution in [2.45, 2.75) is 174 Å². The van der Waals surface area contributed by atoms with Gasteiger partial charge in [0.25, 0.3) is 0 Å². The summed E-state index contributed by atoms with van der Waals surface area (Å²) in [4.78, 5) is 33.5. The average Bonchev–Trinajstić information content (AvgIpc) is 3.18. The predicted octanol–water partition coefficient (Wildman–Crippen LogP) is 11.8. The summed E-state index contributed by atoms with van der Waals surface area (Å²) in [6.45, 7) is 3.67. The van der Waals surface area contributed by atoms with Crippen molar-refractivity contribution >= 4 is 19.8 Å². The van der Waals surface area contributed by atoms with Crippen molar-refractivity contribution in [2.24, 2.45) is 5.73 Å². The van der Waals surface area contributed by atoms with Crippen LogP contribution in [0.3, 0.4) is 0 Å². The molecule has 0 aromatic rings. The van der Waals surface area contributed by atoms with Gasteiger partial charge in [0.1, 0.15) is 12.1 Å². The lowest BCUT2D eigenvalue weighted by Crippen LogP contribution is -2.34. The molecule has 10 nitrogen and oxygen atoms in total. The van der Waals surface area contributed by atoms with Crippen LogP contribution in [0.2, 0.25) is 0 Å². The zero-order valence-electron chi connectivity index (χ0n) is 35.0. The molecule has 0 saturated heterocycles. The number of hydrogen-bond donors (Lipinski definition) is 3. The summed E-state index contributed by atoms with van der Waals surface area (Å²) in [5, 5.41) is 8.89. The fourth-order valence-corrected chi connectivity index (χ4v) is 6.23. The Labute approximate surface area is 340 Å². The molecule has 0 aromatic heterocycles. The van der Waals surface area contributed by atoms with E-state index in [1.165, 1.54) is 77.0 Å². The van der Waals surface area contributed by atoms with Crippen LogP contribution in [0.1, 0.15) is 162 Å². The third kappa shape index (κ3) is 39.6. The average molecular weight is 808 g/mol. The number of aliphatic carboxylic acids is 1. The largest absolute Gasteiger partial charge is 0.480 e. The maximum Gasteiger partial charge on any atom is 0.472 e. The second kappa shape index (κ2) is 40.6. The molecule has 56 heavy (non-hydrogen) atoms. The molecular weight excluding hydrogens is 729 g/mol. The second-order valence-electron chi connectivity index (χ2n) is 14.1. The van der Waals surface area contributed by atoms with Gasteiger partial charge in [0.15, 0.2) is 0 Å². The fraction of sp³-hybridized carbons (Fsp3) is 0.689. The number of carbonyl (C=O) groups excluding carboxylic acids is 1. The van der Waals surface area contributed by atoms with Crippen LogP contribution in [0.15, 0.2) is 72.9 Å². The van der Waals surface area contributed by atoms with Gasteiger partial charge in [0.05, 0.1) is 19.8 Å². The Morgan fingerprint density at radius 1 is 0.589 bits per heavy atom. The molecule has 3 unspecified atom stereocenters. The van der Waals surface area contributed by atoms with Gasteiger partial charge < -0.3 is 25.2 Å². The van der Waals surface area contributed by atoms with Gasteiger partial charge in [0, 0.05) is 13.0 Å². The fourth-order valence-electron chi connectivity index (χ4n) is 5.45. The third-order valence-electron chi connectivity index (χ3n) is 8.76. The van der Waals surface area contributed by atoms with Crippen LogP contribution >= 0.6 is 7.82 Å². The van der Waals surface area contributed by atoms with Gasteiger partial charge in [-0.25, -0.2) is 4.57 Å². The summed E-state index contributed by atoms with van der Waals surface area (Å²) in [6, 6.07) is -1.49. The standard InChI is InChI=1S/C45H78NO9P/c1-3-5-7-9-11-13-15-17-19-20-21-22-23-25-27-29-31-33-35-37-44(47)55-42(40-53-56(50,51)54-41-43(46)45(48)49)39-52-38-36-34-32-30-28-26-24-18-16-14-12-10-8-6-4-2/h5,7,11,13,17,19,21-22,25,27,31,33,42-43H,3-4,6,8-10,12,14-16,18,20,23-24,26,28-30,32,34-41,46H2,1-2H3,(H,48,49)(H,50,51)/b7-5-,13-11-,19-17-,22-21-,27-25-,33-31-. The van der Waals surface area contributed by atoms with Gasteiger partial charge in [0.2, 0.25) is 0 Å². The van der Waals surface area contributed by atoms with Crippen molar-refractivity contribution < 1.29 is 42.7 Å². The summed E-state index contributed by atoms with van der Waals surface area (Å²) < 4.78 is 33.2. The van der Waals surface area contributed by atoms with E-state index < -0.39 is 45.1 Å². The number of carbonyl (C=O) groups is 2. The Morgan fingerprint density at radius 2 is 1.00 bits per heavy atom. The first-order chi connectivity index (χ1) is 27.2. The van der Waals surface area contributed by atoms with E-state index in [1.54, 1.807) is 0 Å². The predicted molar refractivity (Wildman–Crippen MR) is 230 cm³/mol. The lowest BCUT2D eigenvalue weighted by molar-refractivity contribution is -0.154. The van der Waals surface area contributed by atoms with E-state index in [0.717, 1.165) is 57.8 Å². The molecule has 3 atom stereocenters. The highest BCUT2D eigenvalue weighted by Gasteiger charge is 2.27. The van der Waals surface area contributed by atoms with Crippen molar-refractivity contribution in [1.82, 2.24) is 0 Å². The van der Waals surface area contributed by atoms with E-state index >= 15 is 0 Å². The molecule has 0 radical (unpaired) electrons. The second-order valence-corrected chi connectivity index (χ2v) is 15.5. The van der Waals surface area contributed by atoms with Crippen LogP contribution in [0.4, 0.5) is 0 Å². The van der Waals surface area contributed by atoms with E-state index in [-0.39, 0.29) is 13.0 Å². The lowest BCUT2D eigenvalue weighted by Gasteiger charge is -2.20. The molecule has 0 aliphatic rings. The van der Waals surface area contributed by atoms with Gasteiger partial charge >= 0.3 is 19.8 Å². The molecule has 0 aromatic carbocycles. The van der Waals surface area contributed by atoms with E-state index in [0.29, 0.717) is 13.0 Å². The van der Waals surface area contributed by atoms with Crippen LogP contribution in [-0.2, 0) is 32.7 Å². The molecule has 322 valence electrons. The summed E-state index contributed by atoms with van der Waals surface area (Å²) in [7, 11) is -4.64. The third-order valence-corrected chi connectivity index (χ3v) is 9.71. The smallest absolute Gasteiger partial charge is 0.472 e. The molecule has 0 aliphatic heterocycles. The summed E-state index contributed by atoms with van der Waals surface area (Å²) >= 11 is 0. The number of ether oxygens (including phenoxy) is 2. The molecule has 0 heterocycles. The summed E-state index contributed by atoms with van der Waals surface area (Å²) in [6.07, 6.45) is 49.7. The van der Waals surface area contributed by atoms with Crippen LogP contribution in [0.25, 0.3) is 0 Å². The quantitative estimate of drug-likeness (QED) is 0.0236. The van der Waals surface area contributed by atoms with Gasteiger partial charge in [-0.3, -0.25) is 18.6 Å². The Balaban J connectivity index is 4.39. The van der Waals surface area contributed by atoms with Gasteiger partial charge in [-0.05, 0) is 51.4 Å². The molecule has 0 fully saturated rings. The maximum absolute atomic E-state index is 12.6.